The molecule has 1 aromatic rings. The van der Waals surface area contributed by atoms with Crippen LogP contribution >= 0.6 is 11.6 Å². The molecule has 110 valence electrons. The van der Waals surface area contributed by atoms with Gasteiger partial charge in [0.2, 0.25) is 0 Å². The molecule has 2 aliphatic rings. The molecular formula is C15H16ClN3O2. The van der Waals surface area contributed by atoms with E-state index in [4.69, 9.17) is 16.3 Å². The summed E-state index contributed by atoms with van der Waals surface area (Å²) in [6, 6.07) is 7.12. The number of rotatable bonds is 2. The largest absolute Gasteiger partial charge is 0.378 e. The number of morpholine rings is 1. The van der Waals surface area contributed by atoms with Gasteiger partial charge in [0.1, 0.15) is 0 Å². The van der Waals surface area contributed by atoms with Gasteiger partial charge >= 0.3 is 0 Å². The number of hydrogen-bond acceptors (Lipinski definition) is 4. The van der Waals surface area contributed by atoms with E-state index in [1.54, 1.807) is 18.2 Å². The van der Waals surface area contributed by atoms with Crippen molar-refractivity contribution in [1.29, 1.82) is 0 Å². The van der Waals surface area contributed by atoms with E-state index in [2.05, 4.69) is 10.0 Å². The number of benzene rings is 1. The van der Waals surface area contributed by atoms with Crippen molar-refractivity contribution in [3.63, 3.8) is 0 Å². The van der Waals surface area contributed by atoms with Crippen molar-refractivity contribution < 1.29 is 9.53 Å². The topological polar surface area (TPSA) is 45.1 Å². The van der Waals surface area contributed by atoms with E-state index >= 15 is 0 Å². The molecule has 0 bridgehead atoms. The predicted molar refractivity (Wildman–Crippen MR) is 82.5 cm³/mol. The summed E-state index contributed by atoms with van der Waals surface area (Å²) in [7, 11) is 0. The minimum Gasteiger partial charge on any atom is -0.378 e. The Hall–Kier alpha value is -1.85. The Bertz CT molecular complexity index is 621. The van der Waals surface area contributed by atoms with Crippen LogP contribution in [0.25, 0.3) is 0 Å². The van der Waals surface area contributed by atoms with E-state index in [1.807, 2.05) is 19.2 Å². The lowest BCUT2D eigenvalue weighted by Crippen LogP contribution is -2.33. The Morgan fingerprint density at radius 2 is 2.10 bits per heavy atom. The third-order valence-corrected chi connectivity index (χ3v) is 3.71. The lowest BCUT2D eigenvalue weighted by atomic mass is 10.2. The molecule has 2 aliphatic heterocycles. The van der Waals surface area contributed by atoms with Crippen molar-refractivity contribution in [2.75, 3.05) is 31.3 Å². The van der Waals surface area contributed by atoms with Crippen LogP contribution in [0, 0.1) is 0 Å². The van der Waals surface area contributed by atoms with E-state index < -0.39 is 0 Å². The highest BCUT2D eigenvalue weighted by atomic mass is 35.5. The lowest BCUT2D eigenvalue weighted by Gasteiger charge is -2.25. The fourth-order valence-corrected chi connectivity index (χ4v) is 2.52. The smallest absolute Gasteiger partial charge is 0.282 e. The monoisotopic (exact) mass is 305 g/mol. The molecule has 1 amide bonds. The molecule has 0 spiro atoms. The van der Waals surface area contributed by atoms with Gasteiger partial charge in [0.25, 0.3) is 5.91 Å². The number of amides is 1. The molecule has 0 radical (unpaired) electrons. The summed E-state index contributed by atoms with van der Waals surface area (Å²) in [5.74, 6) is -0.124. The van der Waals surface area contributed by atoms with Crippen LogP contribution in [0.4, 0.5) is 5.69 Å². The maximum absolute atomic E-state index is 12.5. The van der Waals surface area contributed by atoms with Gasteiger partial charge in [-0.2, -0.15) is 10.1 Å². The lowest BCUT2D eigenvalue weighted by molar-refractivity contribution is -0.114. The second-order valence-electron chi connectivity index (χ2n) is 4.97. The predicted octanol–water partition coefficient (Wildman–Crippen LogP) is 2.28. The SMILES string of the molecule is CC1=NN(c2cccc(Cl)c2)C(=O)/C1=C/N1CCOCC1. The highest BCUT2D eigenvalue weighted by Gasteiger charge is 2.29. The normalized spacial score (nSPS) is 21.1. The molecule has 0 N–H and O–H groups in total. The van der Waals surface area contributed by atoms with Crippen molar-refractivity contribution in [2.24, 2.45) is 5.10 Å². The summed E-state index contributed by atoms with van der Waals surface area (Å²) >= 11 is 5.98. The van der Waals surface area contributed by atoms with Crippen LogP contribution in [0.2, 0.25) is 5.02 Å². The van der Waals surface area contributed by atoms with Crippen LogP contribution in [0.5, 0.6) is 0 Å². The third kappa shape index (κ3) is 2.94. The maximum atomic E-state index is 12.5. The van der Waals surface area contributed by atoms with Crippen molar-refractivity contribution in [3.05, 3.63) is 41.1 Å². The Kier molecular flexibility index (Phi) is 3.94. The number of carbonyl (C=O) groups excluding carboxylic acids is 1. The fraction of sp³-hybridized carbons (Fsp3) is 0.333. The van der Waals surface area contributed by atoms with Gasteiger partial charge in [-0.3, -0.25) is 4.79 Å². The highest BCUT2D eigenvalue weighted by Crippen LogP contribution is 2.26. The first-order valence-electron chi connectivity index (χ1n) is 6.84. The van der Waals surface area contributed by atoms with Gasteiger partial charge in [-0.15, -0.1) is 0 Å². The van der Waals surface area contributed by atoms with Crippen LogP contribution in [0.1, 0.15) is 6.92 Å². The number of halogens is 1. The van der Waals surface area contributed by atoms with E-state index in [1.165, 1.54) is 5.01 Å². The molecule has 1 aromatic carbocycles. The number of carbonyl (C=O) groups is 1. The fourth-order valence-electron chi connectivity index (χ4n) is 2.34. The standard InChI is InChI=1S/C15H16ClN3O2/c1-11-14(10-18-5-7-21-8-6-18)15(20)19(17-11)13-4-2-3-12(16)9-13/h2-4,9-10H,5-8H2,1H3/b14-10+. The van der Waals surface area contributed by atoms with Gasteiger partial charge in [-0.1, -0.05) is 17.7 Å². The summed E-state index contributed by atoms with van der Waals surface area (Å²) in [5.41, 5.74) is 2.01. The van der Waals surface area contributed by atoms with Crippen molar-refractivity contribution in [1.82, 2.24) is 4.90 Å². The molecule has 21 heavy (non-hydrogen) atoms. The molecule has 0 aromatic heterocycles. The molecule has 3 rings (SSSR count). The zero-order valence-electron chi connectivity index (χ0n) is 11.8. The number of anilines is 1. The zero-order chi connectivity index (χ0) is 14.8. The summed E-state index contributed by atoms with van der Waals surface area (Å²) in [6.45, 7) is 4.80. The van der Waals surface area contributed by atoms with Crippen LogP contribution in [0.15, 0.2) is 41.1 Å². The minimum absolute atomic E-state index is 0.124. The Morgan fingerprint density at radius 1 is 1.33 bits per heavy atom. The quantitative estimate of drug-likeness (QED) is 0.788. The minimum atomic E-state index is -0.124. The molecular weight excluding hydrogens is 290 g/mol. The van der Waals surface area contributed by atoms with Gasteiger partial charge in [0.15, 0.2) is 0 Å². The summed E-state index contributed by atoms with van der Waals surface area (Å²) in [4.78, 5) is 14.6. The van der Waals surface area contributed by atoms with Crippen LogP contribution < -0.4 is 5.01 Å². The first kappa shape index (κ1) is 14.1. The summed E-state index contributed by atoms with van der Waals surface area (Å²) < 4.78 is 5.31. The third-order valence-electron chi connectivity index (χ3n) is 3.47. The molecule has 0 saturated carbocycles. The first-order valence-corrected chi connectivity index (χ1v) is 7.22. The van der Waals surface area contributed by atoms with Gasteiger partial charge in [0, 0.05) is 24.3 Å². The Labute approximate surface area is 128 Å². The zero-order valence-corrected chi connectivity index (χ0v) is 12.5. The van der Waals surface area contributed by atoms with E-state index in [0.29, 0.717) is 35.2 Å². The van der Waals surface area contributed by atoms with Crippen LogP contribution in [-0.4, -0.2) is 42.8 Å². The first-order chi connectivity index (χ1) is 10.1. The summed E-state index contributed by atoms with van der Waals surface area (Å²) in [6.07, 6.45) is 1.88. The average Bonchev–Trinajstić information content (AvgIpc) is 2.76. The maximum Gasteiger partial charge on any atom is 0.282 e. The van der Waals surface area contributed by atoms with Crippen LogP contribution in [-0.2, 0) is 9.53 Å². The van der Waals surface area contributed by atoms with E-state index in [-0.39, 0.29) is 5.91 Å². The number of hydrazone groups is 1. The second kappa shape index (κ2) is 5.87. The van der Waals surface area contributed by atoms with Crippen molar-refractivity contribution in [2.45, 2.75) is 6.92 Å². The molecule has 5 nitrogen and oxygen atoms in total. The Morgan fingerprint density at radius 3 is 2.81 bits per heavy atom. The van der Waals surface area contributed by atoms with Gasteiger partial charge in [0.05, 0.1) is 30.2 Å². The average molecular weight is 306 g/mol. The summed E-state index contributed by atoms with van der Waals surface area (Å²) in [5, 5.41) is 6.32. The second-order valence-corrected chi connectivity index (χ2v) is 5.41. The van der Waals surface area contributed by atoms with E-state index in [9.17, 15) is 4.79 Å². The molecule has 0 atom stereocenters. The van der Waals surface area contributed by atoms with E-state index in [0.717, 1.165) is 13.1 Å². The molecule has 1 fully saturated rings. The molecule has 0 aliphatic carbocycles. The molecule has 2 heterocycles. The molecule has 0 unspecified atom stereocenters. The van der Waals surface area contributed by atoms with Gasteiger partial charge < -0.3 is 9.64 Å². The number of hydrogen-bond donors (Lipinski definition) is 0. The number of ether oxygens (including phenoxy) is 1. The van der Waals surface area contributed by atoms with Crippen molar-refractivity contribution >= 4 is 28.9 Å². The molecule has 1 saturated heterocycles. The van der Waals surface area contributed by atoms with Gasteiger partial charge in [-0.25, -0.2) is 0 Å². The van der Waals surface area contributed by atoms with Crippen LogP contribution in [0.3, 0.4) is 0 Å². The van der Waals surface area contributed by atoms with Crippen molar-refractivity contribution in [3.8, 4) is 0 Å². The highest BCUT2D eigenvalue weighted by molar-refractivity contribution is 6.32. The number of nitrogens with zero attached hydrogens (tertiary/aromatic N) is 3. The van der Waals surface area contributed by atoms with Gasteiger partial charge in [-0.05, 0) is 25.1 Å². The molecule has 6 heteroatoms. The Balaban J connectivity index is 1.85.